The normalized spacial score (nSPS) is 10.7. The molecule has 0 bridgehead atoms. The highest BCUT2D eigenvalue weighted by atomic mass is 35.5. The molecule has 0 saturated heterocycles. The first-order valence-electron chi connectivity index (χ1n) is 8.00. The maximum absolute atomic E-state index is 11.8. The van der Waals surface area contributed by atoms with Crippen molar-refractivity contribution in [1.82, 2.24) is 20.2 Å². The van der Waals surface area contributed by atoms with Crippen LogP contribution in [-0.4, -0.2) is 33.0 Å². The van der Waals surface area contributed by atoms with Gasteiger partial charge >= 0.3 is 0 Å². The molecule has 0 aliphatic carbocycles. The van der Waals surface area contributed by atoms with Gasteiger partial charge in [-0.3, -0.25) is 14.2 Å². The highest BCUT2D eigenvalue weighted by molar-refractivity contribution is 7.99. The number of carbonyl (C=O) groups is 1. The Balaban J connectivity index is 1.96. The topological polar surface area (TPSA) is 69.0 Å². The molecule has 0 unspecified atom stereocenters. The average molecular weight is 389 g/mol. The maximum Gasteiger partial charge on any atom is 0.254 e. The summed E-state index contributed by atoms with van der Waals surface area (Å²) in [6.07, 6.45) is 0. The summed E-state index contributed by atoms with van der Waals surface area (Å²) >= 11 is 7.62. The van der Waals surface area contributed by atoms with Crippen molar-refractivity contribution in [2.45, 2.75) is 12.1 Å². The van der Waals surface area contributed by atoms with Crippen molar-refractivity contribution in [3.8, 4) is 17.1 Å². The van der Waals surface area contributed by atoms with Gasteiger partial charge in [0.05, 0.1) is 17.4 Å². The monoisotopic (exact) mass is 388 g/mol. The second-order valence-corrected chi connectivity index (χ2v) is 6.55. The third-order valence-corrected chi connectivity index (χ3v) is 4.68. The Labute approximate surface area is 160 Å². The van der Waals surface area contributed by atoms with Crippen molar-refractivity contribution >= 4 is 29.3 Å². The van der Waals surface area contributed by atoms with E-state index < -0.39 is 0 Å². The molecule has 0 atom stereocenters. The predicted molar refractivity (Wildman–Crippen MR) is 102 cm³/mol. The molecule has 2 aromatic carbocycles. The second kappa shape index (κ2) is 8.84. The summed E-state index contributed by atoms with van der Waals surface area (Å²) in [6, 6.07) is 17.2. The van der Waals surface area contributed by atoms with E-state index >= 15 is 0 Å². The lowest BCUT2D eigenvalue weighted by molar-refractivity contribution is -0.130. The fraction of sp³-hybridized carbons (Fsp3) is 0.167. The van der Waals surface area contributed by atoms with Crippen LogP contribution in [0.1, 0.15) is 6.92 Å². The van der Waals surface area contributed by atoms with E-state index in [1.165, 1.54) is 11.8 Å². The molecule has 0 aliphatic rings. The van der Waals surface area contributed by atoms with Crippen LogP contribution in [0.3, 0.4) is 0 Å². The lowest BCUT2D eigenvalue weighted by Crippen LogP contribution is -2.25. The SMILES string of the molecule is CCONC(=O)CSc1nnc(-c2ccccc2Cl)n1-c1ccccc1. The van der Waals surface area contributed by atoms with E-state index in [-0.39, 0.29) is 11.7 Å². The molecule has 0 saturated carbocycles. The quantitative estimate of drug-likeness (QED) is 0.493. The highest BCUT2D eigenvalue weighted by Gasteiger charge is 2.18. The van der Waals surface area contributed by atoms with Gasteiger partial charge in [-0.1, -0.05) is 53.7 Å². The van der Waals surface area contributed by atoms with E-state index in [1.807, 2.05) is 59.2 Å². The molecular weight excluding hydrogens is 372 g/mol. The Morgan fingerprint density at radius 3 is 2.62 bits per heavy atom. The molecule has 26 heavy (non-hydrogen) atoms. The van der Waals surface area contributed by atoms with Gasteiger partial charge in [0.1, 0.15) is 0 Å². The first kappa shape index (κ1) is 18.4. The van der Waals surface area contributed by atoms with Crippen LogP contribution in [0.2, 0.25) is 5.02 Å². The van der Waals surface area contributed by atoms with Crippen molar-refractivity contribution < 1.29 is 9.63 Å². The Hall–Kier alpha value is -2.35. The largest absolute Gasteiger partial charge is 0.274 e. The number of hydrogen-bond acceptors (Lipinski definition) is 5. The number of nitrogens with one attached hydrogen (secondary N) is 1. The summed E-state index contributed by atoms with van der Waals surface area (Å²) < 4.78 is 1.89. The number of halogens is 1. The lowest BCUT2D eigenvalue weighted by atomic mass is 10.2. The Morgan fingerprint density at radius 1 is 1.15 bits per heavy atom. The standard InChI is InChI=1S/C18H17ClN4O2S/c1-2-25-22-16(24)12-26-18-21-20-17(14-10-6-7-11-15(14)19)23(18)13-8-4-3-5-9-13/h3-11H,2,12H2,1H3,(H,22,24). The van der Waals surface area contributed by atoms with E-state index in [4.69, 9.17) is 16.4 Å². The van der Waals surface area contributed by atoms with Crippen molar-refractivity contribution in [3.63, 3.8) is 0 Å². The molecule has 1 N–H and O–H groups in total. The maximum atomic E-state index is 11.8. The molecule has 1 amide bonds. The zero-order chi connectivity index (χ0) is 18.4. The molecular formula is C18H17ClN4O2S. The summed E-state index contributed by atoms with van der Waals surface area (Å²) in [5.74, 6) is 0.543. The molecule has 3 rings (SSSR count). The molecule has 3 aromatic rings. The van der Waals surface area contributed by atoms with Crippen LogP contribution in [0.25, 0.3) is 17.1 Å². The number of hydroxylamine groups is 1. The summed E-state index contributed by atoms with van der Waals surface area (Å²) in [6.45, 7) is 2.21. The summed E-state index contributed by atoms with van der Waals surface area (Å²) in [7, 11) is 0. The van der Waals surface area contributed by atoms with Gasteiger partial charge in [0.2, 0.25) is 0 Å². The van der Waals surface area contributed by atoms with Gasteiger partial charge < -0.3 is 0 Å². The minimum absolute atomic E-state index is 0.160. The zero-order valence-corrected chi connectivity index (χ0v) is 15.6. The minimum atomic E-state index is -0.237. The minimum Gasteiger partial charge on any atom is -0.274 e. The van der Waals surface area contributed by atoms with E-state index in [9.17, 15) is 4.79 Å². The van der Waals surface area contributed by atoms with E-state index in [0.717, 1.165) is 11.3 Å². The first-order chi connectivity index (χ1) is 12.7. The molecule has 6 nitrogen and oxygen atoms in total. The molecule has 0 spiro atoms. The molecule has 0 fully saturated rings. The number of aromatic nitrogens is 3. The zero-order valence-electron chi connectivity index (χ0n) is 14.1. The number of amides is 1. The fourth-order valence-corrected chi connectivity index (χ4v) is 3.26. The fourth-order valence-electron chi connectivity index (χ4n) is 2.30. The van der Waals surface area contributed by atoms with Crippen LogP contribution in [0.4, 0.5) is 0 Å². The van der Waals surface area contributed by atoms with Crippen LogP contribution in [0.15, 0.2) is 59.8 Å². The lowest BCUT2D eigenvalue weighted by Gasteiger charge is -2.11. The van der Waals surface area contributed by atoms with Gasteiger partial charge in [-0.2, -0.15) is 0 Å². The van der Waals surface area contributed by atoms with Crippen molar-refractivity contribution in [2.75, 3.05) is 12.4 Å². The second-order valence-electron chi connectivity index (χ2n) is 5.20. The van der Waals surface area contributed by atoms with E-state index in [2.05, 4.69) is 15.7 Å². The Bertz CT molecular complexity index is 886. The van der Waals surface area contributed by atoms with Gasteiger partial charge in [0, 0.05) is 11.3 Å². The van der Waals surface area contributed by atoms with Gasteiger partial charge in [0.15, 0.2) is 11.0 Å². The number of benzene rings is 2. The first-order valence-corrected chi connectivity index (χ1v) is 9.36. The summed E-state index contributed by atoms with van der Waals surface area (Å²) in [5.41, 5.74) is 4.03. The van der Waals surface area contributed by atoms with Crippen molar-refractivity contribution in [2.24, 2.45) is 0 Å². The molecule has 1 aromatic heterocycles. The van der Waals surface area contributed by atoms with Crippen LogP contribution in [-0.2, 0) is 9.63 Å². The number of nitrogens with zero attached hydrogens (tertiary/aromatic N) is 3. The third kappa shape index (κ3) is 4.24. The van der Waals surface area contributed by atoms with E-state index in [1.54, 1.807) is 6.92 Å². The number of rotatable bonds is 7. The Morgan fingerprint density at radius 2 is 1.88 bits per heavy atom. The third-order valence-electron chi connectivity index (χ3n) is 3.43. The van der Waals surface area contributed by atoms with Gasteiger partial charge in [-0.15, -0.1) is 10.2 Å². The number of thioether (sulfide) groups is 1. The van der Waals surface area contributed by atoms with Crippen LogP contribution < -0.4 is 5.48 Å². The van der Waals surface area contributed by atoms with Gasteiger partial charge in [0.25, 0.3) is 5.91 Å². The molecule has 0 radical (unpaired) electrons. The van der Waals surface area contributed by atoms with Crippen molar-refractivity contribution in [3.05, 3.63) is 59.6 Å². The van der Waals surface area contributed by atoms with Crippen LogP contribution in [0.5, 0.6) is 0 Å². The van der Waals surface area contributed by atoms with Crippen molar-refractivity contribution in [1.29, 1.82) is 0 Å². The molecule has 8 heteroatoms. The van der Waals surface area contributed by atoms with Crippen LogP contribution >= 0.6 is 23.4 Å². The molecule has 134 valence electrons. The molecule has 0 aliphatic heterocycles. The Kier molecular flexibility index (Phi) is 6.27. The van der Waals surface area contributed by atoms with Gasteiger partial charge in [-0.05, 0) is 31.2 Å². The number of carbonyl (C=O) groups excluding carboxylic acids is 1. The summed E-state index contributed by atoms with van der Waals surface area (Å²) in [4.78, 5) is 16.7. The molecule has 1 heterocycles. The van der Waals surface area contributed by atoms with Gasteiger partial charge in [-0.25, -0.2) is 5.48 Å². The average Bonchev–Trinajstić information content (AvgIpc) is 3.09. The highest BCUT2D eigenvalue weighted by Crippen LogP contribution is 2.31. The number of hydrogen-bond donors (Lipinski definition) is 1. The smallest absolute Gasteiger partial charge is 0.254 e. The predicted octanol–water partition coefficient (Wildman–Crippen LogP) is 3.75. The summed E-state index contributed by atoms with van der Waals surface area (Å²) in [5, 5.41) is 9.75. The van der Waals surface area contributed by atoms with Crippen LogP contribution in [0, 0.1) is 0 Å². The number of para-hydroxylation sites is 1. The van der Waals surface area contributed by atoms with E-state index in [0.29, 0.717) is 22.6 Å².